The molecule has 0 atom stereocenters. The second-order valence-corrected chi connectivity index (χ2v) is 6.44. The van der Waals surface area contributed by atoms with Crippen molar-refractivity contribution >= 4 is 40.3 Å². The minimum Gasteiger partial charge on any atom is -0.493 e. The maximum atomic E-state index is 11.2. The first-order chi connectivity index (χ1) is 12.8. The van der Waals surface area contributed by atoms with E-state index in [-0.39, 0.29) is 17.9 Å². The topological polar surface area (TPSA) is 128 Å². The average molecular weight is 479 g/mol. The molecule has 0 aliphatic heterocycles. The second kappa shape index (κ2) is 9.00. The Balaban J connectivity index is 2.26. The lowest BCUT2D eigenvalue weighted by Crippen LogP contribution is -2.12. The molecule has 2 aromatic carbocycles. The molecule has 0 aromatic heterocycles. The monoisotopic (exact) mass is 479 g/mol. The summed E-state index contributed by atoms with van der Waals surface area (Å²) in [6, 6.07) is 11.1. The zero-order valence-corrected chi connectivity index (χ0v) is 16.3. The smallest absolute Gasteiger partial charge is 0.269 e. The minimum atomic E-state index is -0.815. The molecule has 2 N–H and O–H groups in total. The SMILES string of the molecule is COc1cc(/C=C(\C#N)C(N)=O)cc(I)c1OCc1ccc([N+](=O)[O-])cc1. The van der Waals surface area contributed by atoms with Gasteiger partial charge in [0.2, 0.25) is 0 Å². The van der Waals surface area contributed by atoms with Gasteiger partial charge in [0.15, 0.2) is 11.5 Å². The minimum absolute atomic E-state index is 0.00444. The molecule has 0 radical (unpaired) electrons. The van der Waals surface area contributed by atoms with Crippen LogP contribution < -0.4 is 15.2 Å². The highest BCUT2D eigenvalue weighted by Gasteiger charge is 2.13. The van der Waals surface area contributed by atoms with Crippen molar-refractivity contribution in [3.8, 4) is 17.6 Å². The summed E-state index contributed by atoms with van der Waals surface area (Å²) in [7, 11) is 1.47. The molecule has 138 valence electrons. The van der Waals surface area contributed by atoms with Crippen LogP contribution in [0.2, 0.25) is 0 Å². The normalized spacial score (nSPS) is 10.8. The lowest BCUT2D eigenvalue weighted by Gasteiger charge is -2.14. The number of hydrogen-bond donors (Lipinski definition) is 1. The molecular weight excluding hydrogens is 465 g/mol. The first-order valence-electron chi connectivity index (χ1n) is 7.51. The zero-order chi connectivity index (χ0) is 20.0. The van der Waals surface area contributed by atoms with Crippen LogP contribution >= 0.6 is 22.6 Å². The summed E-state index contributed by atoms with van der Waals surface area (Å²) in [5.74, 6) is 0.0768. The van der Waals surface area contributed by atoms with Gasteiger partial charge in [0.1, 0.15) is 18.2 Å². The van der Waals surface area contributed by atoms with Crippen LogP contribution in [-0.2, 0) is 11.4 Å². The molecule has 0 aliphatic carbocycles. The van der Waals surface area contributed by atoms with Crippen molar-refractivity contribution in [1.82, 2.24) is 0 Å². The van der Waals surface area contributed by atoms with Crippen LogP contribution in [-0.4, -0.2) is 17.9 Å². The van der Waals surface area contributed by atoms with Crippen molar-refractivity contribution in [2.45, 2.75) is 6.61 Å². The summed E-state index contributed by atoms with van der Waals surface area (Å²) in [6.45, 7) is 0.185. The molecule has 9 heteroatoms. The van der Waals surface area contributed by atoms with E-state index in [1.807, 2.05) is 22.6 Å². The number of nitro groups is 1. The van der Waals surface area contributed by atoms with Crippen molar-refractivity contribution in [1.29, 1.82) is 5.26 Å². The highest BCUT2D eigenvalue weighted by atomic mass is 127. The molecule has 0 aliphatic rings. The number of halogens is 1. The molecule has 0 fully saturated rings. The number of non-ortho nitro benzene ring substituents is 1. The van der Waals surface area contributed by atoms with Gasteiger partial charge < -0.3 is 15.2 Å². The Morgan fingerprint density at radius 1 is 1.37 bits per heavy atom. The summed E-state index contributed by atoms with van der Waals surface area (Å²) in [4.78, 5) is 21.4. The molecule has 0 bridgehead atoms. The fourth-order valence-electron chi connectivity index (χ4n) is 2.16. The Hall–Kier alpha value is -3.13. The largest absolute Gasteiger partial charge is 0.493 e. The van der Waals surface area contributed by atoms with Crippen LogP contribution in [0.15, 0.2) is 42.0 Å². The van der Waals surface area contributed by atoms with Crippen molar-refractivity contribution in [3.63, 3.8) is 0 Å². The van der Waals surface area contributed by atoms with Crippen molar-refractivity contribution in [3.05, 3.63) is 66.8 Å². The predicted octanol–water partition coefficient (Wildman–Crippen LogP) is 3.18. The van der Waals surface area contributed by atoms with E-state index in [2.05, 4.69) is 0 Å². The van der Waals surface area contributed by atoms with Gasteiger partial charge in [0.05, 0.1) is 15.6 Å². The summed E-state index contributed by atoms with van der Waals surface area (Å²) in [5.41, 5.74) is 6.29. The lowest BCUT2D eigenvalue weighted by molar-refractivity contribution is -0.384. The van der Waals surface area contributed by atoms with E-state index in [1.54, 1.807) is 30.3 Å². The van der Waals surface area contributed by atoms with Crippen molar-refractivity contribution in [2.24, 2.45) is 5.73 Å². The van der Waals surface area contributed by atoms with Crippen LogP contribution in [0.5, 0.6) is 11.5 Å². The number of amides is 1. The number of ether oxygens (including phenoxy) is 2. The molecule has 0 unspecified atom stereocenters. The fraction of sp³-hybridized carbons (Fsp3) is 0.111. The number of hydrogen-bond acceptors (Lipinski definition) is 6. The highest BCUT2D eigenvalue weighted by molar-refractivity contribution is 14.1. The summed E-state index contributed by atoms with van der Waals surface area (Å²) in [5, 5.41) is 19.6. The van der Waals surface area contributed by atoms with Crippen LogP contribution in [0.1, 0.15) is 11.1 Å². The molecule has 0 saturated carbocycles. The number of rotatable bonds is 7. The van der Waals surface area contributed by atoms with Gasteiger partial charge in [-0.25, -0.2) is 0 Å². The molecular formula is C18H14IN3O5. The Morgan fingerprint density at radius 3 is 2.56 bits per heavy atom. The number of nitriles is 1. The number of carbonyl (C=O) groups is 1. The van der Waals surface area contributed by atoms with Gasteiger partial charge >= 0.3 is 0 Å². The maximum absolute atomic E-state index is 11.2. The fourth-order valence-corrected chi connectivity index (χ4v) is 2.94. The average Bonchev–Trinajstić information content (AvgIpc) is 2.64. The molecule has 2 rings (SSSR count). The Morgan fingerprint density at radius 2 is 2.04 bits per heavy atom. The highest BCUT2D eigenvalue weighted by Crippen LogP contribution is 2.35. The maximum Gasteiger partial charge on any atom is 0.269 e. The van der Waals surface area contributed by atoms with Crippen molar-refractivity contribution in [2.75, 3.05) is 7.11 Å². The van der Waals surface area contributed by atoms with E-state index in [0.717, 1.165) is 5.56 Å². The molecule has 0 spiro atoms. The number of primary amides is 1. The predicted molar refractivity (Wildman–Crippen MR) is 106 cm³/mol. The van der Waals surface area contributed by atoms with E-state index in [1.165, 1.54) is 25.3 Å². The van der Waals surface area contributed by atoms with Gasteiger partial charge in [-0.2, -0.15) is 5.26 Å². The Kier molecular flexibility index (Phi) is 6.73. The quantitative estimate of drug-likeness (QED) is 0.214. The number of methoxy groups -OCH3 is 1. The number of benzene rings is 2. The number of nitrogens with two attached hydrogens (primary N) is 1. The van der Waals surface area contributed by atoms with E-state index in [0.29, 0.717) is 20.6 Å². The van der Waals surface area contributed by atoms with E-state index >= 15 is 0 Å². The zero-order valence-electron chi connectivity index (χ0n) is 14.1. The summed E-state index contributed by atoms with van der Waals surface area (Å²) >= 11 is 2.05. The lowest BCUT2D eigenvalue weighted by atomic mass is 10.1. The van der Waals surface area contributed by atoms with E-state index in [9.17, 15) is 14.9 Å². The molecule has 27 heavy (non-hydrogen) atoms. The molecule has 0 heterocycles. The van der Waals surface area contributed by atoms with Crippen LogP contribution in [0.3, 0.4) is 0 Å². The third-order valence-electron chi connectivity index (χ3n) is 3.48. The first kappa shape index (κ1) is 20.2. The molecule has 1 amide bonds. The standard InChI is InChI=1S/C18H14IN3O5/c1-26-16-8-12(6-13(9-20)18(21)23)7-15(19)17(16)27-10-11-2-4-14(5-3-11)22(24)25/h2-8H,10H2,1H3,(H2,21,23)/b13-6+. The number of nitrogens with zero attached hydrogens (tertiary/aromatic N) is 2. The van der Waals surface area contributed by atoms with Gasteiger partial charge in [-0.05, 0) is 64.1 Å². The van der Waals surface area contributed by atoms with Crippen LogP contribution in [0, 0.1) is 25.0 Å². The van der Waals surface area contributed by atoms with Crippen molar-refractivity contribution < 1.29 is 19.2 Å². The third-order valence-corrected chi connectivity index (χ3v) is 4.28. The Bertz CT molecular complexity index is 949. The van der Waals surface area contributed by atoms with Gasteiger partial charge in [0.25, 0.3) is 11.6 Å². The van der Waals surface area contributed by atoms with Gasteiger partial charge in [-0.3, -0.25) is 14.9 Å². The van der Waals surface area contributed by atoms with Gasteiger partial charge in [0, 0.05) is 12.1 Å². The van der Waals surface area contributed by atoms with Gasteiger partial charge in [-0.15, -0.1) is 0 Å². The first-order valence-corrected chi connectivity index (χ1v) is 8.59. The molecule has 0 saturated heterocycles. The van der Waals surface area contributed by atoms with Crippen LogP contribution in [0.4, 0.5) is 5.69 Å². The number of carbonyl (C=O) groups excluding carboxylic acids is 1. The Labute approximate surface area is 168 Å². The molecule has 8 nitrogen and oxygen atoms in total. The second-order valence-electron chi connectivity index (χ2n) is 5.28. The molecule has 2 aromatic rings. The summed E-state index contributed by atoms with van der Waals surface area (Å²) in [6.07, 6.45) is 1.37. The van der Waals surface area contributed by atoms with E-state index < -0.39 is 10.8 Å². The summed E-state index contributed by atoms with van der Waals surface area (Å²) < 4.78 is 11.8. The number of nitro benzene ring substituents is 1. The van der Waals surface area contributed by atoms with E-state index in [4.69, 9.17) is 20.5 Å². The third kappa shape index (κ3) is 5.18. The van der Waals surface area contributed by atoms with Gasteiger partial charge in [-0.1, -0.05) is 0 Å². The van der Waals surface area contributed by atoms with Crippen LogP contribution in [0.25, 0.3) is 6.08 Å².